The van der Waals surface area contributed by atoms with Crippen LogP contribution in [0, 0.1) is 11.8 Å². The zero-order valence-corrected chi connectivity index (χ0v) is 20.2. The molecule has 0 aliphatic heterocycles. The number of aliphatic hydroxyl groups excluding tert-OH is 2. The molecule has 1 aliphatic rings. The monoisotopic (exact) mass is 502 g/mol. The number of carbonyl (C=O) groups excluding carboxylic acids is 3. The lowest BCUT2D eigenvalue weighted by Gasteiger charge is -2.23. The van der Waals surface area contributed by atoms with Crippen molar-refractivity contribution < 1.29 is 34.1 Å². The lowest BCUT2D eigenvalue weighted by Crippen LogP contribution is -2.31. The largest absolute Gasteiger partial charge is 0.469 e. The number of aliphatic hydroxyl groups is 2. The van der Waals surface area contributed by atoms with E-state index >= 15 is 0 Å². The van der Waals surface area contributed by atoms with Gasteiger partial charge in [-0.2, -0.15) is 0 Å². The Labute approximate surface area is 193 Å². The summed E-state index contributed by atoms with van der Waals surface area (Å²) in [4.78, 5) is 35.1. The molecule has 8 heteroatoms. The summed E-state index contributed by atoms with van der Waals surface area (Å²) in [7, 11) is 1.30. The number of methoxy groups -OCH3 is 1. The molecule has 0 bridgehead atoms. The zero-order valence-electron chi connectivity index (χ0n) is 18.6. The maximum absolute atomic E-state index is 12.6. The van der Waals surface area contributed by atoms with E-state index in [2.05, 4.69) is 27.6 Å². The summed E-state index contributed by atoms with van der Waals surface area (Å²) in [6.07, 6.45) is 7.55. The summed E-state index contributed by atoms with van der Waals surface area (Å²) >= 11 is 3.27. The molecule has 0 heterocycles. The van der Waals surface area contributed by atoms with Crippen molar-refractivity contribution in [2.75, 3.05) is 7.11 Å². The molecular formula is C23H35BrO7. The van der Waals surface area contributed by atoms with Gasteiger partial charge in [-0.15, -0.1) is 0 Å². The summed E-state index contributed by atoms with van der Waals surface area (Å²) in [5.74, 6) is -1.65. The average Bonchev–Trinajstić information content (AvgIpc) is 2.98. The minimum atomic E-state index is -1.09. The fourth-order valence-electron chi connectivity index (χ4n) is 3.60. The van der Waals surface area contributed by atoms with Gasteiger partial charge in [0.15, 0.2) is 5.78 Å². The molecule has 0 unspecified atom stereocenters. The van der Waals surface area contributed by atoms with Crippen LogP contribution in [0.4, 0.5) is 0 Å². The molecule has 1 rings (SSSR count). The van der Waals surface area contributed by atoms with Gasteiger partial charge in [0.2, 0.25) is 0 Å². The molecule has 176 valence electrons. The highest BCUT2D eigenvalue weighted by Crippen LogP contribution is 2.35. The molecule has 0 aromatic carbocycles. The number of carbonyl (C=O) groups is 3. The number of ether oxygens (including phenoxy) is 2. The van der Waals surface area contributed by atoms with Gasteiger partial charge >= 0.3 is 11.9 Å². The average molecular weight is 503 g/mol. The van der Waals surface area contributed by atoms with Gasteiger partial charge in [-0.25, -0.2) is 0 Å². The lowest BCUT2D eigenvalue weighted by atomic mass is 9.86. The molecule has 0 amide bonds. The molecule has 0 saturated heterocycles. The van der Waals surface area contributed by atoms with Crippen molar-refractivity contribution in [3.05, 3.63) is 22.7 Å². The number of ketones is 1. The van der Waals surface area contributed by atoms with Crippen LogP contribution in [0.1, 0.15) is 65.2 Å². The van der Waals surface area contributed by atoms with Gasteiger partial charge < -0.3 is 19.7 Å². The van der Waals surface area contributed by atoms with Gasteiger partial charge in [-0.3, -0.25) is 14.4 Å². The highest BCUT2D eigenvalue weighted by molar-refractivity contribution is 9.12. The second-order valence-corrected chi connectivity index (χ2v) is 8.78. The highest BCUT2D eigenvalue weighted by Gasteiger charge is 2.36. The first kappa shape index (κ1) is 27.5. The Balaban J connectivity index is 2.73. The van der Waals surface area contributed by atoms with E-state index in [0.717, 1.165) is 19.3 Å². The third-order valence-corrected chi connectivity index (χ3v) is 6.04. The fraction of sp³-hybridized carbons (Fsp3) is 0.696. The Hall–Kier alpha value is -1.51. The Morgan fingerprint density at radius 1 is 1.19 bits per heavy atom. The normalized spacial score (nSPS) is 21.6. The van der Waals surface area contributed by atoms with Crippen LogP contribution in [0.3, 0.4) is 0 Å². The van der Waals surface area contributed by atoms with Gasteiger partial charge in [-0.05, 0) is 54.1 Å². The maximum Gasteiger partial charge on any atom is 0.305 e. The number of halogens is 1. The van der Waals surface area contributed by atoms with E-state index in [4.69, 9.17) is 4.74 Å². The van der Waals surface area contributed by atoms with Crippen LogP contribution in [-0.2, 0) is 23.9 Å². The number of hydrogen-bond acceptors (Lipinski definition) is 7. The van der Waals surface area contributed by atoms with Crippen LogP contribution in [-0.4, -0.2) is 53.4 Å². The smallest absolute Gasteiger partial charge is 0.305 e. The number of hydrogen-bond donors (Lipinski definition) is 2. The second kappa shape index (κ2) is 14.5. The number of rotatable bonds is 14. The van der Waals surface area contributed by atoms with Crippen LogP contribution in [0.25, 0.3) is 0 Å². The molecule has 0 radical (unpaired) electrons. The van der Waals surface area contributed by atoms with Gasteiger partial charge in [0, 0.05) is 25.2 Å². The Morgan fingerprint density at radius 2 is 1.90 bits per heavy atom. The Bertz CT molecular complexity index is 658. The van der Waals surface area contributed by atoms with Gasteiger partial charge in [0.25, 0.3) is 0 Å². The second-order valence-electron chi connectivity index (χ2n) is 7.93. The van der Waals surface area contributed by atoms with Crippen LogP contribution >= 0.6 is 15.9 Å². The molecule has 31 heavy (non-hydrogen) atoms. The van der Waals surface area contributed by atoms with Crippen LogP contribution in [0.2, 0.25) is 0 Å². The summed E-state index contributed by atoms with van der Waals surface area (Å²) in [5, 5.41) is 20.6. The number of unbranched alkanes of at least 4 members (excludes halogenated alkanes) is 2. The van der Waals surface area contributed by atoms with Crippen molar-refractivity contribution in [1.29, 1.82) is 0 Å². The van der Waals surface area contributed by atoms with Crippen molar-refractivity contribution in [2.24, 2.45) is 11.8 Å². The first-order valence-corrected chi connectivity index (χ1v) is 11.7. The van der Waals surface area contributed by atoms with E-state index in [1.54, 1.807) is 6.08 Å². The Morgan fingerprint density at radius 3 is 2.52 bits per heavy atom. The maximum atomic E-state index is 12.6. The lowest BCUT2D eigenvalue weighted by molar-refractivity contribution is -0.144. The van der Waals surface area contributed by atoms with Crippen molar-refractivity contribution >= 4 is 33.7 Å². The first-order chi connectivity index (χ1) is 14.7. The van der Waals surface area contributed by atoms with Crippen LogP contribution < -0.4 is 0 Å². The highest BCUT2D eigenvalue weighted by atomic mass is 79.9. The van der Waals surface area contributed by atoms with E-state index in [1.165, 1.54) is 14.0 Å². The molecule has 2 N–H and O–H groups in total. The molecule has 1 aliphatic carbocycles. The predicted octanol–water partition coefficient (Wildman–Crippen LogP) is 3.60. The molecule has 0 saturated carbocycles. The standard InChI is InChI=1S/C23H35BrO7/c1-4-5-6-8-17(31-15(2)25)12-11-16-13-19(24)23(29)18(16)14-21(27)20(26)9-7-10-22(28)30-3/h11-13,16-18,20-21,26-27H,4-10,14H2,1-3H3/b12-11+/t16-,17-,18+,20+,21+/m0/s1. The molecule has 0 spiro atoms. The SMILES string of the molecule is CCCCC[C@@H](/C=C/[C@H]1C=C(Br)C(=O)[C@@H]1C[C@@H](O)[C@H](O)CCCC(=O)OC)OC(C)=O. The van der Waals surface area contributed by atoms with E-state index in [-0.39, 0.29) is 49.0 Å². The topological polar surface area (TPSA) is 110 Å². The molecule has 5 atom stereocenters. The third kappa shape index (κ3) is 10.1. The zero-order chi connectivity index (χ0) is 23.4. The summed E-state index contributed by atoms with van der Waals surface area (Å²) in [6, 6.07) is 0. The van der Waals surface area contributed by atoms with Gasteiger partial charge in [-0.1, -0.05) is 31.9 Å². The fourth-order valence-corrected chi connectivity index (χ4v) is 4.19. The van der Waals surface area contributed by atoms with Crippen molar-refractivity contribution in [3.8, 4) is 0 Å². The minimum Gasteiger partial charge on any atom is -0.469 e. The summed E-state index contributed by atoms with van der Waals surface area (Å²) < 4.78 is 10.4. The minimum absolute atomic E-state index is 0.0902. The van der Waals surface area contributed by atoms with E-state index in [9.17, 15) is 24.6 Å². The van der Waals surface area contributed by atoms with Gasteiger partial charge in [0.1, 0.15) is 6.10 Å². The molecule has 0 fully saturated rings. The number of allylic oxidation sites excluding steroid dienone is 3. The van der Waals surface area contributed by atoms with Gasteiger partial charge in [0.05, 0.1) is 23.8 Å². The summed E-state index contributed by atoms with van der Waals surface area (Å²) in [6.45, 7) is 3.47. The first-order valence-electron chi connectivity index (χ1n) is 10.9. The number of Topliss-reactive ketones (excluding diaryl/α,β-unsaturated/α-hetero) is 1. The van der Waals surface area contributed by atoms with Crippen LogP contribution in [0.5, 0.6) is 0 Å². The molecule has 7 nitrogen and oxygen atoms in total. The quantitative estimate of drug-likeness (QED) is 0.212. The van der Waals surface area contributed by atoms with Crippen LogP contribution in [0.15, 0.2) is 22.7 Å². The van der Waals surface area contributed by atoms with E-state index in [1.807, 2.05) is 12.2 Å². The third-order valence-electron chi connectivity index (χ3n) is 5.38. The Kier molecular flexibility index (Phi) is 12.9. The predicted molar refractivity (Wildman–Crippen MR) is 120 cm³/mol. The van der Waals surface area contributed by atoms with Crippen molar-refractivity contribution in [3.63, 3.8) is 0 Å². The van der Waals surface area contributed by atoms with Crippen molar-refractivity contribution in [2.45, 2.75) is 83.5 Å². The number of esters is 2. The molecule has 0 aromatic heterocycles. The van der Waals surface area contributed by atoms with E-state index in [0.29, 0.717) is 17.3 Å². The molecular weight excluding hydrogens is 468 g/mol. The summed E-state index contributed by atoms with van der Waals surface area (Å²) in [5.41, 5.74) is 0. The van der Waals surface area contributed by atoms with Crippen molar-refractivity contribution in [1.82, 2.24) is 0 Å². The molecule has 0 aromatic rings. The van der Waals surface area contributed by atoms with E-state index < -0.39 is 18.1 Å².